The number of aromatic nitrogens is 1. The molecule has 2 heterocycles. The number of halogens is 3. The minimum atomic E-state index is -4.43. The fourth-order valence-corrected chi connectivity index (χ4v) is 8.39. The first-order chi connectivity index (χ1) is 26.0. The predicted molar refractivity (Wildman–Crippen MR) is 207 cm³/mol. The topological polar surface area (TPSA) is 110 Å². The van der Waals surface area contributed by atoms with Gasteiger partial charge in [-0.25, -0.2) is 17.8 Å². The van der Waals surface area contributed by atoms with Crippen molar-refractivity contribution < 1.29 is 31.8 Å². The molecule has 0 aliphatic carbocycles. The predicted octanol–water partition coefficient (Wildman–Crippen LogP) is 8.71. The highest BCUT2D eigenvalue weighted by molar-refractivity contribution is 7.89. The summed E-state index contributed by atoms with van der Waals surface area (Å²) in [6.45, 7) is 0.778. The monoisotopic (exact) mass is 792 g/mol. The van der Waals surface area contributed by atoms with Gasteiger partial charge >= 0.3 is 0 Å². The van der Waals surface area contributed by atoms with Gasteiger partial charge in [0, 0.05) is 38.4 Å². The molecule has 4 aromatic carbocycles. The van der Waals surface area contributed by atoms with E-state index in [0.717, 1.165) is 5.56 Å². The van der Waals surface area contributed by atoms with Crippen LogP contribution in [0.3, 0.4) is 0 Å². The lowest BCUT2D eigenvalue weighted by molar-refractivity contribution is 0.0713. The average molecular weight is 794 g/mol. The SMILES string of the molecule is COc1ccc(CN(Cc2ccc(OC)cc2)S(=O)(=O)c2ncc(C(=O)N3CCC(c4ccc(F)cc4)CC3)c(Nc3cc(OC)ccc3Cl)c2Cl)cc1. The van der Waals surface area contributed by atoms with E-state index < -0.39 is 15.0 Å². The summed E-state index contributed by atoms with van der Waals surface area (Å²) in [5, 5.41) is 2.70. The van der Waals surface area contributed by atoms with Crippen LogP contribution in [0.2, 0.25) is 10.0 Å². The minimum absolute atomic E-state index is 0.0233. The second kappa shape index (κ2) is 17.1. The molecule has 1 aliphatic rings. The standard InChI is InChI=1S/C40H39Cl2FN4O6S/c1-51-31-12-4-26(5-13-31)24-47(25-27-6-14-32(52-2)15-7-27)54(49,50)39-37(42)38(45-36-22-33(53-3)16-17-35(36)41)34(23-44-39)40(48)46-20-18-29(19-21-46)28-8-10-30(43)11-9-28/h4-17,22-23,29H,18-21,24-25H2,1-3H3,(H,44,45). The molecule has 1 fully saturated rings. The number of ether oxygens (including phenoxy) is 3. The Labute approximate surface area is 324 Å². The van der Waals surface area contributed by atoms with Gasteiger partial charge in [-0.05, 0) is 84.0 Å². The number of carbonyl (C=O) groups excluding carboxylic acids is 1. The molecule has 54 heavy (non-hydrogen) atoms. The molecular weight excluding hydrogens is 754 g/mol. The average Bonchev–Trinajstić information content (AvgIpc) is 3.19. The fourth-order valence-electron chi connectivity index (χ4n) is 6.33. The number of methoxy groups -OCH3 is 3. The van der Waals surface area contributed by atoms with Gasteiger partial charge in [0.1, 0.15) is 28.1 Å². The number of hydrogen-bond donors (Lipinski definition) is 1. The van der Waals surface area contributed by atoms with E-state index >= 15 is 0 Å². The largest absolute Gasteiger partial charge is 0.497 e. The van der Waals surface area contributed by atoms with Gasteiger partial charge in [0.15, 0.2) is 5.03 Å². The number of piperidine rings is 1. The van der Waals surface area contributed by atoms with Crippen molar-refractivity contribution in [3.05, 3.63) is 135 Å². The van der Waals surface area contributed by atoms with Crippen LogP contribution >= 0.6 is 23.2 Å². The molecule has 0 unspecified atom stereocenters. The first kappa shape index (κ1) is 38.8. The van der Waals surface area contributed by atoms with Crippen molar-refractivity contribution in [2.75, 3.05) is 39.7 Å². The van der Waals surface area contributed by atoms with Crippen molar-refractivity contribution in [3.8, 4) is 17.2 Å². The van der Waals surface area contributed by atoms with Crippen molar-refractivity contribution in [2.24, 2.45) is 0 Å². The number of sulfonamides is 1. The second-order valence-corrected chi connectivity index (χ2v) is 15.4. The molecule has 5 aromatic rings. The number of likely N-dealkylation sites (tertiary alicyclic amines) is 1. The Morgan fingerprint density at radius 2 is 1.37 bits per heavy atom. The van der Waals surface area contributed by atoms with Crippen molar-refractivity contribution in [3.63, 3.8) is 0 Å². The van der Waals surface area contributed by atoms with E-state index in [0.29, 0.717) is 60.0 Å². The van der Waals surface area contributed by atoms with Gasteiger partial charge in [0.25, 0.3) is 15.9 Å². The maximum absolute atomic E-state index is 14.7. The maximum Gasteiger partial charge on any atom is 0.262 e. The lowest BCUT2D eigenvalue weighted by atomic mass is 9.89. The molecule has 0 radical (unpaired) electrons. The van der Waals surface area contributed by atoms with Gasteiger partial charge in [-0.3, -0.25) is 4.79 Å². The molecule has 1 amide bonds. The molecule has 1 saturated heterocycles. The highest BCUT2D eigenvalue weighted by Gasteiger charge is 2.34. The zero-order valence-electron chi connectivity index (χ0n) is 29.9. The van der Waals surface area contributed by atoms with Crippen LogP contribution in [0.25, 0.3) is 0 Å². The Balaban J connectivity index is 1.38. The third-order valence-corrected chi connectivity index (χ3v) is 11.9. The molecule has 1 aliphatic heterocycles. The molecule has 1 aromatic heterocycles. The number of nitrogens with zero attached hydrogens (tertiary/aromatic N) is 3. The Bertz CT molecular complexity index is 2150. The number of anilines is 2. The first-order valence-corrected chi connectivity index (χ1v) is 19.3. The Morgan fingerprint density at radius 1 is 0.833 bits per heavy atom. The van der Waals surface area contributed by atoms with Crippen LogP contribution in [0.4, 0.5) is 15.8 Å². The molecule has 282 valence electrons. The van der Waals surface area contributed by atoms with Crippen LogP contribution < -0.4 is 19.5 Å². The highest BCUT2D eigenvalue weighted by Crippen LogP contribution is 2.39. The van der Waals surface area contributed by atoms with Gasteiger partial charge in [0.05, 0.1) is 43.3 Å². The molecule has 10 nitrogen and oxygen atoms in total. The summed E-state index contributed by atoms with van der Waals surface area (Å²) in [5.74, 6) is 1.18. The second-order valence-electron chi connectivity index (χ2n) is 12.7. The van der Waals surface area contributed by atoms with Crippen molar-refractivity contribution in [2.45, 2.75) is 36.9 Å². The molecule has 0 spiro atoms. The number of carbonyl (C=O) groups is 1. The lowest BCUT2D eigenvalue weighted by Crippen LogP contribution is -2.38. The third-order valence-electron chi connectivity index (χ3n) is 9.39. The summed E-state index contributed by atoms with van der Waals surface area (Å²) in [7, 11) is 0.182. The molecule has 6 rings (SSSR count). The lowest BCUT2D eigenvalue weighted by Gasteiger charge is -2.33. The number of benzene rings is 4. The Hall–Kier alpha value is -4.88. The van der Waals surface area contributed by atoms with Gasteiger partial charge < -0.3 is 24.4 Å². The van der Waals surface area contributed by atoms with Crippen LogP contribution in [0, 0.1) is 5.82 Å². The summed E-state index contributed by atoms with van der Waals surface area (Å²) in [6, 6.07) is 25.5. The van der Waals surface area contributed by atoms with Gasteiger partial charge in [-0.1, -0.05) is 59.6 Å². The first-order valence-electron chi connectivity index (χ1n) is 17.1. The van der Waals surface area contributed by atoms with Crippen molar-refractivity contribution >= 4 is 50.5 Å². The summed E-state index contributed by atoms with van der Waals surface area (Å²) < 4.78 is 60.2. The van der Waals surface area contributed by atoms with Crippen LogP contribution in [0.1, 0.15) is 45.8 Å². The fraction of sp³-hybridized carbons (Fsp3) is 0.250. The molecule has 1 N–H and O–H groups in total. The van der Waals surface area contributed by atoms with E-state index in [-0.39, 0.29) is 52.0 Å². The smallest absolute Gasteiger partial charge is 0.262 e. The van der Waals surface area contributed by atoms with Crippen LogP contribution in [-0.4, -0.2) is 62.9 Å². The summed E-state index contributed by atoms with van der Waals surface area (Å²) >= 11 is 13.6. The summed E-state index contributed by atoms with van der Waals surface area (Å²) in [5.41, 5.74) is 2.83. The van der Waals surface area contributed by atoms with E-state index in [9.17, 15) is 17.6 Å². The number of pyridine rings is 1. The number of hydrogen-bond acceptors (Lipinski definition) is 8. The normalized spacial score (nSPS) is 13.5. The van der Waals surface area contributed by atoms with Gasteiger partial charge in [-0.15, -0.1) is 0 Å². The summed E-state index contributed by atoms with van der Waals surface area (Å²) in [6.07, 6.45) is 2.55. The van der Waals surface area contributed by atoms with Crippen molar-refractivity contribution in [1.82, 2.24) is 14.2 Å². The van der Waals surface area contributed by atoms with E-state index in [1.165, 1.54) is 29.7 Å². The third kappa shape index (κ3) is 8.73. The molecule has 0 atom stereocenters. The minimum Gasteiger partial charge on any atom is -0.497 e. The molecule has 14 heteroatoms. The number of nitrogens with one attached hydrogen (secondary N) is 1. The highest BCUT2D eigenvalue weighted by atomic mass is 35.5. The number of amides is 1. The van der Waals surface area contributed by atoms with Crippen LogP contribution in [-0.2, 0) is 23.1 Å². The van der Waals surface area contributed by atoms with Crippen molar-refractivity contribution in [1.29, 1.82) is 0 Å². The van der Waals surface area contributed by atoms with E-state index in [2.05, 4.69) is 10.3 Å². The summed E-state index contributed by atoms with van der Waals surface area (Å²) in [4.78, 5) is 20.3. The Kier molecular flexibility index (Phi) is 12.3. The van der Waals surface area contributed by atoms with E-state index in [1.54, 1.807) is 98.0 Å². The zero-order chi connectivity index (χ0) is 38.4. The quantitative estimate of drug-likeness (QED) is 0.126. The van der Waals surface area contributed by atoms with Gasteiger partial charge in [-0.2, -0.15) is 4.31 Å². The maximum atomic E-state index is 14.7. The molecule has 0 bridgehead atoms. The molecule has 0 saturated carbocycles. The van der Waals surface area contributed by atoms with Gasteiger partial charge in [0.2, 0.25) is 0 Å². The molecular formula is C40H39Cl2FN4O6S. The van der Waals surface area contributed by atoms with E-state index in [1.807, 2.05) is 0 Å². The zero-order valence-corrected chi connectivity index (χ0v) is 32.2. The van der Waals surface area contributed by atoms with E-state index in [4.69, 9.17) is 37.4 Å². The number of rotatable bonds is 13. The van der Waals surface area contributed by atoms with Crippen LogP contribution in [0.15, 0.2) is 102 Å². The van der Waals surface area contributed by atoms with Crippen LogP contribution in [0.5, 0.6) is 17.2 Å². The Morgan fingerprint density at radius 3 is 1.91 bits per heavy atom.